The van der Waals surface area contributed by atoms with Crippen molar-refractivity contribution in [2.24, 2.45) is 0 Å². The molecule has 0 aliphatic heterocycles. The molecule has 0 aromatic heterocycles. The lowest BCUT2D eigenvalue weighted by Crippen LogP contribution is -2.38. The maximum atomic E-state index is 12.5. The molecule has 0 unspecified atom stereocenters. The maximum absolute atomic E-state index is 12.5. The molecule has 2 rings (SSSR count). The van der Waals surface area contributed by atoms with Crippen molar-refractivity contribution in [2.75, 3.05) is 60.0 Å². The van der Waals surface area contributed by atoms with Crippen molar-refractivity contribution in [1.29, 1.82) is 0 Å². The molecule has 0 spiro atoms. The van der Waals surface area contributed by atoms with Crippen molar-refractivity contribution in [3.63, 3.8) is 0 Å². The number of carbonyl (C=O) groups excluding carboxylic acids is 2. The standard InChI is InChI=1S/C25H35N3O7/c1-7-34-19-10-9-18(12-23(19)35-8-2)27-25(30)16-28(3)15-24(29)26-14-17-11-21(32-5)22(33-6)13-20(17)31-4/h9-13H,7-8,14-16H2,1-6H3,(H,26,29)(H,27,30). The molecule has 0 saturated heterocycles. The first kappa shape index (κ1) is 27.6. The highest BCUT2D eigenvalue weighted by Crippen LogP contribution is 2.34. The summed E-state index contributed by atoms with van der Waals surface area (Å²) in [6, 6.07) is 8.67. The lowest BCUT2D eigenvalue weighted by molar-refractivity contribution is -0.123. The molecule has 0 aliphatic carbocycles. The SMILES string of the molecule is CCOc1ccc(NC(=O)CN(C)CC(=O)NCc2cc(OC)c(OC)cc2OC)cc1OCC. The number of rotatable bonds is 14. The summed E-state index contributed by atoms with van der Waals surface area (Å²) in [5, 5.41) is 5.66. The summed E-state index contributed by atoms with van der Waals surface area (Å²) >= 11 is 0. The average molecular weight is 490 g/mol. The predicted molar refractivity (Wildman–Crippen MR) is 133 cm³/mol. The summed E-state index contributed by atoms with van der Waals surface area (Å²) in [6.07, 6.45) is 0. The average Bonchev–Trinajstić information content (AvgIpc) is 2.83. The van der Waals surface area contributed by atoms with E-state index in [4.69, 9.17) is 23.7 Å². The molecule has 0 aliphatic rings. The number of nitrogens with zero attached hydrogens (tertiary/aromatic N) is 1. The Labute approximate surface area is 206 Å². The zero-order valence-corrected chi connectivity index (χ0v) is 21.2. The molecular weight excluding hydrogens is 454 g/mol. The van der Waals surface area contributed by atoms with Crippen LogP contribution in [0.3, 0.4) is 0 Å². The fraction of sp³-hybridized carbons (Fsp3) is 0.440. The number of hydrogen-bond acceptors (Lipinski definition) is 8. The molecule has 35 heavy (non-hydrogen) atoms. The number of likely N-dealkylation sites (N-methyl/N-ethyl adjacent to an activating group) is 1. The first-order valence-corrected chi connectivity index (χ1v) is 11.3. The molecule has 2 amide bonds. The molecule has 10 heteroatoms. The van der Waals surface area contributed by atoms with Crippen LogP contribution in [0.5, 0.6) is 28.7 Å². The van der Waals surface area contributed by atoms with Crippen LogP contribution >= 0.6 is 0 Å². The molecule has 2 aromatic carbocycles. The van der Waals surface area contributed by atoms with Gasteiger partial charge in [-0.1, -0.05) is 0 Å². The third-order valence-electron chi connectivity index (χ3n) is 4.92. The summed E-state index contributed by atoms with van der Waals surface area (Å²) in [5.41, 5.74) is 1.32. The van der Waals surface area contributed by atoms with Crippen molar-refractivity contribution < 1.29 is 33.3 Å². The highest BCUT2D eigenvalue weighted by atomic mass is 16.5. The predicted octanol–water partition coefficient (Wildman–Crippen LogP) is 2.70. The van der Waals surface area contributed by atoms with Gasteiger partial charge in [-0.2, -0.15) is 0 Å². The number of ether oxygens (including phenoxy) is 5. The van der Waals surface area contributed by atoms with Gasteiger partial charge in [0.1, 0.15) is 5.75 Å². The van der Waals surface area contributed by atoms with Crippen LogP contribution < -0.4 is 34.3 Å². The second kappa shape index (κ2) is 13.9. The Kier molecular flexibility index (Phi) is 11.0. The number of amides is 2. The van der Waals surface area contributed by atoms with E-state index in [0.29, 0.717) is 47.6 Å². The van der Waals surface area contributed by atoms with Gasteiger partial charge in [0.05, 0.1) is 47.6 Å². The fourth-order valence-corrected chi connectivity index (χ4v) is 3.36. The third kappa shape index (κ3) is 8.25. The van der Waals surface area contributed by atoms with Crippen LogP contribution in [0.25, 0.3) is 0 Å². The molecule has 0 saturated carbocycles. The second-order valence-corrected chi connectivity index (χ2v) is 7.54. The Bertz CT molecular complexity index is 997. The van der Waals surface area contributed by atoms with Crippen molar-refractivity contribution in [3.8, 4) is 28.7 Å². The van der Waals surface area contributed by atoms with Gasteiger partial charge in [-0.25, -0.2) is 0 Å². The summed E-state index contributed by atoms with van der Waals surface area (Å²) in [6.45, 7) is 5.06. The number of anilines is 1. The quantitative estimate of drug-likeness (QED) is 0.417. The lowest BCUT2D eigenvalue weighted by atomic mass is 10.1. The Morgan fingerprint density at radius 3 is 2.00 bits per heavy atom. The third-order valence-corrected chi connectivity index (χ3v) is 4.92. The second-order valence-electron chi connectivity index (χ2n) is 7.54. The highest BCUT2D eigenvalue weighted by molar-refractivity contribution is 5.93. The number of hydrogen-bond donors (Lipinski definition) is 2. The maximum Gasteiger partial charge on any atom is 0.238 e. The van der Waals surface area contributed by atoms with Crippen LogP contribution in [0.4, 0.5) is 5.69 Å². The molecule has 0 bridgehead atoms. The van der Waals surface area contributed by atoms with Crippen LogP contribution in [0.1, 0.15) is 19.4 Å². The van der Waals surface area contributed by atoms with E-state index in [1.807, 2.05) is 13.8 Å². The Hall–Kier alpha value is -3.66. The first-order chi connectivity index (χ1) is 16.8. The summed E-state index contributed by atoms with van der Waals surface area (Å²) in [5.74, 6) is 2.32. The Balaban J connectivity index is 1.90. The van der Waals surface area contributed by atoms with E-state index in [9.17, 15) is 9.59 Å². The molecule has 192 valence electrons. The number of methoxy groups -OCH3 is 3. The Morgan fingerprint density at radius 2 is 1.37 bits per heavy atom. The number of nitrogens with one attached hydrogen (secondary N) is 2. The van der Waals surface area contributed by atoms with Crippen molar-refractivity contribution in [1.82, 2.24) is 10.2 Å². The summed E-state index contributed by atoms with van der Waals surface area (Å²) < 4.78 is 27.1. The van der Waals surface area contributed by atoms with Gasteiger partial charge in [0.15, 0.2) is 23.0 Å². The first-order valence-electron chi connectivity index (χ1n) is 11.3. The summed E-state index contributed by atoms with van der Waals surface area (Å²) in [7, 11) is 6.32. The molecule has 10 nitrogen and oxygen atoms in total. The monoisotopic (exact) mass is 489 g/mol. The lowest BCUT2D eigenvalue weighted by Gasteiger charge is -2.18. The van der Waals surface area contributed by atoms with E-state index in [0.717, 1.165) is 5.56 Å². The minimum Gasteiger partial charge on any atom is -0.496 e. The van der Waals surface area contributed by atoms with Crippen LogP contribution in [-0.2, 0) is 16.1 Å². The smallest absolute Gasteiger partial charge is 0.238 e. The minimum atomic E-state index is -0.256. The molecule has 2 aromatic rings. The van der Waals surface area contributed by atoms with Gasteiger partial charge in [-0.05, 0) is 39.1 Å². The van der Waals surface area contributed by atoms with Gasteiger partial charge in [0.2, 0.25) is 11.8 Å². The topological polar surface area (TPSA) is 108 Å². The molecular formula is C25H35N3O7. The molecule has 0 heterocycles. The van der Waals surface area contributed by atoms with E-state index in [-0.39, 0.29) is 31.4 Å². The largest absolute Gasteiger partial charge is 0.496 e. The van der Waals surface area contributed by atoms with E-state index < -0.39 is 0 Å². The molecule has 0 fully saturated rings. The molecule has 0 radical (unpaired) electrons. The van der Waals surface area contributed by atoms with E-state index >= 15 is 0 Å². The summed E-state index contributed by atoms with van der Waals surface area (Å²) in [4.78, 5) is 26.5. The van der Waals surface area contributed by atoms with Gasteiger partial charge < -0.3 is 34.3 Å². The fourth-order valence-electron chi connectivity index (χ4n) is 3.36. The molecule has 0 atom stereocenters. The van der Waals surface area contributed by atoms with Crippen LogP contribution in [0.15, 0.2) is 30.3 Å². The van der Waals surface area contributed by atoms with Crippen molar-refractivity contribution >= 4 is 17.5 Å². The highest BCUT2D eigenvalue weighted by Gasteiger charge is 2.15. The van der Waals surface area contributed by atoms with E-state index in [1.54, 1.807) is 56.5 Å². The zero-order valence-electron chi connectivity index (χ0n) is 21.2. The van der Waals surface area contributed by atoms with Gasteiger partial charge >= 0.3 is 0 Å². The zero-order chi connectivity index (χ0) is 25.8. The molecule has 2 N–H and O–H groups in total. The van der Waals surface area contributed by atoms with Gasteiger partial charge in [0.25, 0.3) is 0 Å². The number of carbonyl (C=O) groups is 2. The minimum absolute atomic E-state index is 0.0320. The van der Waals surface area contributed by atoms with Gasteiger partial charge in [0, 0.05) is 29.9 Å². The van der Waals surface area contributed by atoms with Crippen LogP contribution in [0.2, 0.25) is 0 Å². The van der Waals surface area contributed by atoms with Crippen molar-refractivity contribution in [2.45, 2.75) is 20.4 Å². The van der Waals surface area contributed by atoms with E-state index in [1.165, 1.54) is 7.11 Å². The van der Waals surface area contributed by atoms with Crippen LogP contribution in [0, 0.1) is 0 Å². The number of benzene rings is 2. The van der Waals surface area contributed by atoms with Gasteiger partial charge in [-0.3, -0.25) is 14.5 Å². The van der Waals surface area contributed by atoms with E-state index in [2.05, 4.69) is 10.6 Å². The van der Waals surface area contributed by atoms with Gasteiger partial charge in [-0.15, -0.1) is 0 Å². The normalized spacial score (nSPS) is 10.5. The van der Waals surface area contributed by atoms with Crippen LogP contribution in [-0.4, -0.2) is 71.4 Å². The Morgan fingerprint density at radius 1 is 0.771 bits per heavy atom. The van der Waals surface area contributed by atoms with Crippen molar-refractivity contribution in [3.05, 3.63) is 35.9 Å².